The van der Waals surface area contributed by atoms with Crippen molar-refractivity contribution in [2.45, 2.75) is 13.3 Å². The second kappa shape index (κ2) is 8.04. The fourth-order valence-corrected chi connectivity index (χ4v) is 3.42. The molecule has 1 N–H and O–H groups in total. The van der Waals surface area contributed by atoms with Gasteiger partial charge in [-0.2, -0.15) is 0 Å². The maximum atomic E-state index is 11.1. The Balaban J connectivity index is 1.53. The van der Waals surface area contributed by atoms with Crippen LogP contribution >= 0.6 is 11.3 Å². The van der Waals surface area contributed by atoms with Crippen LogP contribution in [0.25, 0.3) is 11.6 Å². The number of thiazole rings is 1. The first-order valence-corrected chi connectivity index (χ1v) is 8.95. The van der Waals surface area contributed by atoms with Crippen molar-refractivity contribution in [3.8, 4) is 0 Å². The third-order valence-corrected chi connectivity index (χ3v) is 4.64. The van der Waals surface area contributed by atoms with E-state index in [0.29, 0.717) is 5.13 Å². The predicted octanol–water partition coefficient (Wildman–Crippen LogP) is 3.90. The number of rotatable bonds is 5. The summed E-state index contributed by atoms with van der Waals surface area (Å²) in [7, 11) is 0. The van der Waals surface area contributed by atoms with Gasteiger partial charge < -0.3 is 5.32 Å². The molecule has 24 heavy (non-hydrogen) atoms. The number of aromatic nitrogens is 1. The van der Waals surface area contributed by atoms with Crippen molar-refractivity contribution in [2.24, 2.45) is 0 Å². The first-order chi connectivity index (χ1) is 11.7. The van der Waals surface area contributed by atoms with E-state index in [1.165, 1.54) is 29.4 Å². The molecule has 0 spiro atoms. The highest BCUT2D eigenvalue weighted by molar-refractivity contribution is 7.14. The van der Waals surface area contributed by atoms with Gasteiger partial charge >= 0.3 is 0 Å². The van der Waals surface area contributed by atoms with E-state index < -0.39 is 0 Å². The number of carbonyl (C=O) groups excluding carboxylic acids is 1. The second-order valence-electron chi connectivity index (χ2n) is 5.77. The van der Waals surface area contributed by atoms with Crippen molar-refractivity contribution in [3.63, 3.8) is 0 Å². The quantitative estimate of drug-likeness (QED) is 0.898. The van der Waals surface area contributed by atoms with Gasteiger partial charge in [0, 0.05) is 31.9 Å². The molecule has 2 aromatic rings. The fourth-order valence-electron chi connectivity index (χ4n) is 2.64. The van der Waals surface area contributed by atoms with Gasteiger partial charge in [-0.1, -0.05) is 48.6 Å². The smallest absolute Gasteiger partial charge is 0.223 e. The Hall–Kier alpha value is -2.24. The van der Waals surface area contributed by atoms with Crippen LogP contribution in [0, 0.1) is 0 Å². The number of hydrogen-bond acceptors (Lipinski definition) is 4. The molecule has 1 amide bonds. The number of carbonyl (C=O) groups is 1. The molecule has 0 radical (unpaired) electrons. The first kappa shape index (κ1) is 16.6. The van der Waals surface area contributed by atoms with Gasteiger partial charge in [-0.3, -0.25) is 9.69 Å². The standard InChI is InChI=1S/C19H21N3OS/c1-15(23)20-19-21-18(14-24-19)17-9-12-22(13-10-17)11-5-8-16-6-3-2-4-7-16/h2-9,14H,10-13H2,1H3,(H,20,21,23). The molecule has 0 fully saturated rings. The van der Waals surface area contributed by atoms with E-state index in [2.05, 4.69) is 57.7 Å². The fraction of sp³-hybridized carbons (Fsp3) is 0.263. The largest absolute Gasteiger partial charge is 0.302 e. The highest BCUT2D eigenvalue weighted by atomic mass is 32.1. The zero-order valence-electron chi connectivity index (χ0n) is 13.7. The lowest BCUT2D eigenvalue weighted by Gasteiger charge is -2.24. The molecule has 1 aromatic heterocycles. The van der Waals surface area contributed by atoms with Crippen molar-refractivity contribution in [3.05, 3.63) is 59.1 Å². The Morgan fingerprint density at radius 3 is 2.92 bits per heavy atom. The van der Waals surface area contributed by atoms with Crippen LogP contribution in [0.1, 0.15) is 24.6 Å². The van der Waals surface area contributed by atoms with Crippen LogP contribution in [0.2, 0.25) is 0 Å². The number of nitrogens with one attached hydrogen (secondary N) is 1. The lowest BCUT2D eigenvalue weighted by Crippen LogP contribution is -2.28. The summed E-state index contributed by atoms with van der Waals surface area (Å²) in [5.41, 5.74) is 3.49. The number of amides is 1. The van der Waals surface area contributed by atoms with Crippen LogP contribution in [-0.2, 0) is 4.79 Å². The number of anilines is 1. The lowest BCUT2D eigenvalue weighted by atomic mass is 10.1. The van der Waals surface area contributed by atoms with Gasteiger partial charge in [-0.25, -0.2) is 4.98 Å². The molecule has 0 saturated carbocycles. The summed E-state index contributed by atoms with van der Waals surface area (Å²) in [6.45, 7) is 4.41. The molecule has 1 aromatic carbocycles. The van der Waals surface area contributed by atoms with Crippen molar-refractivity contribution in [1.82, 2.24) is 9.88 Å². The Kier molecular flexibility index (Phi) is 5.56. The number of benzene rings is 1. The molecule has 1 aliphatic heterocycles. The second-order valence-corrected chi connectivity index (χ2v) is 6.63. The average molecular weight is 339 g/mol. The van der Waals surface area contributed by atoms with E-state index in [9.17, 15) is 4.79 Å². The summed E-state index contributed by atoms with van der Waals surface area (Å²) in [4.78, 5) is 18.0. The van der Waals surface area contributed by atoms with E-state index in [1.54, 1.807) is 0 Å². The molecule has 5 heteroatoms. The Bertz CT molecular complexity index is 749. The van der Waals surface area contributed by atoms with Gasteiger partial charge in [0.15, 0.2) is 5.13 Å². The molecule has 2 heterocycles. The lowest BCUT2D eigenvalue weighted by molar-refractivity contribution is -0.114. The molecular formula is C19H21N3OS. The van der Waals surface area contributed by atoms with Crippen molar-refractivity contribution >= 4 is 34.0 Å². The SMILES string of the molecule is CC(=O)Nc1nc(C2=CCN(CC=Cc3ccccc3)CC2)cs1. The van der Waals surface area contributed by atoms with E-state index in [0.717, 1.165) is 31.7 Å². The van der Waals surface area contributed by atoms with Crippen LogP contribution in [0.5, 0.6) is 0 Å². The zero-order valence-corrected chi connectivity index (χ0v) is 14.6. The first-order valence-electron chi connectivity index (χ1n) is 8.07. The minimum absolute atomic E-state index is 0.0788. The summed E-state index contributed by atoms with van der Waals surface area (Å²) < 4.78 is 0. The van der Waals surface area contributed by atoms with Crippen molar-refractivity contribution in [1.29, 1.82) is 0 Å². The van der Waals surface area contributed by atoms with Crippen LogP contribution in [0.3, 0.4) is 0 Å². The summed E-state index contributed by atoms with van der Waals surface area (Å²) >= 11 is 1.48. The normalized spacial score (nSPS) is 15.5. The summed E-state index contributed by atoms with van der Waals surface area (Å²) in [6, 6.07) is 10.4. The highest BCUT2D eigenvalue weighted by Gasteiger charge is 2.14. The van der Waals surface area contributed by atoms with Crippen LogP contribution in [-0.4, -0.2) is 35.4 Å². The molecule has 0 unspecified atom stereocenters. The molecule has 4 nitrogen and oxygen atoms in total. The van der Waals surface area contributed by atoms with Crippen LogP contribution in [0.15, 0.2) is 47.9 Å². The molecule has 1 aliphatic rings. The van der Waals surface area contributed by atoms with Crippen LogP contribution in [0.4, 0.5) is 5.13 Å². The average Bonchev–Trinajstić information content (AvgIpc) is 3.04. The Morgan fingerprint density at radius 1 is 1.38 bits per heavy atom. The van der Waals surface area contributed by atoms with E-state index in [4.69, 9.17) is 0 Å². The highest BCUT2D eigenvalue weighted by Crippen LogP contribution is 2.26. The van der Waals surface area contributed by atoms with E-state index in [-0.39, 0.29) is 5.91 Å². The number of nitrogens with zero attached hydrogens (tertiary/aromatic N) is 2. The Labute approximate surface area is 146 Å². The van der Waals surface area contributed by atoms with Crippen LogP contribution < -0.4 is 5.32 Å². The topological polar surface area (TPSA) is 45.2 Å². The monoisotopic (exact) mass is 339 g/mol. The van der Waals surface area contributed by atoms with Gasteiger partial charge in [0.05, 0.1) is 5.69 Å². The minimum Gasteiger partial charge on any atom is -0.302 e. The van der Waals surface area contributed by atoms with Gasteiger partial charge in [0.25, 0.3) is 0 Å². The van der Waals surface area contributed by atoms with E-state index in [1.807, 2.05) is 11.4 Å². The molecule has 0 bridgehead atoms. The van der Waals surface area contributed by atoms with Crippen molar-refractivity contribution in [2.75, 3.05) is 25.0 Å². The maximum absolute atomic E-state index is 11.1. The molecular weight excluding hydrogens is 318 g/mol. The Morgan fingerprint density at radius 2 is 2.21 bits per heavy atom. The summed E-state index contributed by atoms with van der Waals surface area (Å²) in [6.07, 6.45) is 7.61. The molecule has 0 atom stereocenters. The third kappa shape index (κ3) is 4.63. The zero-order chi connectivity index (χ0) is 16.8. The number of hydrogen-bond donors (Lipinski definition) is 1. The van der Waals surface area contributed by atoms with Gasteiger partial charge in [-0.15, -0.1) is 11.3 Å². The minimum atomic E-state index is -0.0788. The molecule has 3 rings (SSSR count). The molecule has 0 aliphatic carbocycles. The summed E-state index contributed by atoms with van der Waals surface area (Å²) in [5, 5.41) is 5.43. The van der Waals surface area contributed by atoms with Gasteiger partial charge in [0.1, 0.15) is 0 Å². The van der Waals surface area contributed by atoms with Crippen molar-refractivity contribution < 1.29 is 4.79 Å². The third-order valence-electron chi connectivity index (χ3n) is 3.88. The van der Waals surface area contributed by atoms with Gasteiger partial charge in [-0.05, 0) is 17.6 Å². The molecule has 124 valence electrons. The molecule has 0 saturated heterocycles. The summed E-state index contributed by atoms with van der Waals surface area (Å²) in [5.74, 6) is -0.0788. The van der Waals surface area contributed by atoms with E-state index >= 15 is 0 Å². The van der Waals surface area contributed by atoms with Gasteiger partial charge in [0.2, 0.25) is 5.91 Å². The maximum Gasteiger partial charge on any atom is 0.223 e. The predicted molar refractivity (Wildman–Crippen MR) is 101 cm³/mol.